The van der Waals surface area contributed by atoms with Gasteiger partial charge in [-0.25, -0.2) is 15.0 Å². The number of H-pyrrole nitrogens is 1. The van der Waals surface area contributed by atoms with Gasteiger partial charge in [-0.05, 0) is 31.2 Å². The van der Waals surface area contributed by atoms with E-state index < -0.39 is 10.5 Å². The van der Waals surface area contributed by atoms with E-state index in [9.17, 15) is 14.9 Å². The minimum Gasteiger partial charge on any atom is -0.497 e. The molecule has 10 heteroatoms. The second-order valence-electron chi connectivity index (χ2n) is 6.01. The van der Waals surface area contributed by atoms with Crippen LogP contribution in [0.2, 0.25) is 0 Å². The topological polar surface area (TPSA) is 136 Å². The molecule has 2 aromatic heterocycles. The Balaban J connectivity index is 1.74. The van der Waals surface area contributed by atoms with Crippen molar-refractivity contribution in [3.8, 4) is 5.75 Å². The van der Waals surface area contributed by atoms with Crippen molar-refractivity contribution in [2.45, 2.75) is 6.92 Å². The summed E-state index contributed by atoms with van der Waals surface area (Å²) in [5, 5.41) is 14.7. The maximum absolute atomic E-state index is 12.3. The first-order chi connectivity index (χ1) is 13.4. The lowest BCUT2D eigenvalue weighted by Gasteiger charge is -2.09. The highest BCUT2D eigenvalue weighted by molar-refractivity contribution is 5.84. The number of rotatable bonds is 4. The van der Waals surface area contributed by atoms with E-state index in [0.717, 1.165) is 11.1 Å². The number of ether oxygens (including phenoxy) is 1. The number of nitrogens with zero attached hydrogens (tertiary/aromatic N) is 4. The first-order valence-electron chi connectivity index (χ1n) is 8.22. The molecule has 0 saturated carbocycles. The molecule has 0 aliphatic carbocycles. The summed E-state index contributed by atoms with van der Waals surface area (Å²) in [4.78, 5) is 38.3. The molecule has 0 radical (unpaired) electrons. The zero-order valence-corrected chi connectivity index (χ0v) is 14.9. The van der Waals surface area contributed by atoms with E-state index in [1.54, 1.807) is 13.2 Å². The second-order valence-corrected chi connectivity index (χ2v) is 6.01. The van der Waals surface area contributed by atoms with Gasteiger partial charge in [-0.1, -0.05) is 0 Å². The van der Waals surface area contributed by atoms with Crippen LogP contribution in [-0.2, 0) is 0 Å². The fourth-order valence-corrected chi connectivity index (χ4v) is 2.85. The SMILES string of the molecule is COc1ccc2nc(Nc3nc4ccc([N+](=O)[O-])cc4c(=O)[nH]3)nc(C)c2c1. The van der Waals surface area contributed by atoms with E-state index in [0.29, 0.717) is 16.8 Å². The van der Waals surface area contributed by atoms with Crippen LogP contribution in [0.25, 0.3) is 21.8 Å². The average molecular weight is 378 g/mol. The molecule has 4 rings (SSSR count). The molecule has 0 bridgehead atoms. The van der Waals surface area contributed by atoms with E-state index in [1.165, 1.54) is 18.2 Å². The Bertz CT molecular complexity index is 1300. The van der Waals surface area contributed by atoms with E-state index in [-0.39, 0.29) is 23.0 Å². The van der Waals surface area contributed by atoms with Gasteiger partial charge in [-0.2, -0.15) is 0 Å². The van der Waals surface area contributed by atoms with Gasteiger partial charge in [0, 0.05) is 17.5 Å². The number of benzene rings is 2. The summed E-state index contributed by atoms with van der Waals surface area (Å²) in [6.07, 6.45) is 0. The number of anilines is 2. The van der Waals surface area contributed by atoms with Crippen LogP contribution in [-0.4, -0.2) is 32.0 Å². The van der Waals surface area contributed by atoms with E-state index in [4.69, 9.17) is 4.74 Å². The van der Waals surface area contributed by atoms with Crippen molar-refractivity contribution in [3.63, 3.8) is 0 Å². The van der Waals surface area contributed by atoms with Crippen LogP contribution in [0.15, 0.2) is 41.2 Å². The number of aryl methyl sites for hydroxylation is 1. The Morgan fingerprint density at radius 2 is 1.82 bits per heavy atom. The van der Waals surface area contributed by atoms with Crippen LogP contribution in [0.5, 0.6) is 5.75 Å². The van der Waals surface area contributed by atoms with Gasteiger partial charge in [0.05, 0.1) is 34.1 Å². The summed E-state index contributed by atoms with van der Waals surface area (Å²) >= 11 is 0. The Morgan fingerprint density at radius 3 is 2.57 bits per heavy atom. The second kappa shape index (κ2) is 6.58. The minimum atomic E-state index is -0.564. The van der Waals surface area contributed by atoms with Crippen molar-refractivity contribution in [2.24, 2.45) is 0 Å². The average Bonchev–Trinajstić information content (AvgIpc) is 2.67. The smallest absolute Gasteiger partial charge is 0.270 e. The highest BCUT2D eigenvalue weighted by Gasteiger charge is 2.12. The van der Waals surface area contributed by atoms with Crippen LogP contribution in [0.1, 0.15) is 5.69 Å². The summed E-state index contributed by atoms with van der Waals surface area (Å²) < 4.78 is 5.22. The van der Waals surface area contributed by atoms with Crippen LogP contribution in [0.3, 0.4) is 0 Å². The number of non-ortho nitro benzene ring substituents is 1. The molecule has 4 aromatic rings. The highest BCUT2D eigenvalue weighted by atomic mass is 16.6. The maximum Gasteiger partial charge on any atom is 0.270 e. The number of fused-ring (bicyclic) bond motifs is 2. The third-order valence-electron chi connectivity index (χ3n) is 4.22. The van der Waals surface area contributed by atoms with Gasteiger partial charge in [-0.3, -0.25) is 25.2 Å². The van der Waals surface area contributed by atoms with Crippen molar-refractivity contribution in [3.05, 3.63) is 62.6 Å². The van der Waals surface area contributed by atoms with Crippen molar-refractivity contribution < 1.29 is 9.66 Å². The molecular weight excluding hydrogens is 364 g/mol. The van der Waals surface area contributed by atoms with Crippen LogP contribution in [0.4, 0.5) is 17.6 Å². The first-order valence-corrected chi connectivity index (χ1v) is 8.22. The summed E-state index contributed by atoms with van der Waals surface area (Å²) in [7, 11) is 1.59. The van der Waals surface area contributed by atoms with Gasteiger partial charge in [-0.15, -0.1) is 0 Å². The van der Waals surface area contributed by atoms with E-state index in [1.807, 2.05) is 19.1 Å². The van der Waals surface area contributed by atoms with E-state index >= 15 is 0 Å². The fourth-order valence-electron chi connectivity index (χ4n) is 2.85. The molecular formula is C18H14N6O4. The molecule has 0 atom stereocenters. The van der Waals surface area contributed by atoms with Crippen molar-refractivity contribution in [1.82, 2.24) is 19.9 Å². The number of aromatic nitrogens is 4. The van der Waals surface area contributed by atoms with Crippen molar-refractivity contribution in [2.75, 3.05) is 12.4 Å². The number of methoxy groups -OCH3 is 1. The number of hydrogen-bond acceptors (Lipinski definition) is 8. The van der Waals surface area contributed by atoms with Gasteiger partial charge < -0.3 is 4.74 Å². The molecule has 0 aliphatic rings. The standard InChI is InChI=1S/C18H14N6O4/c1-9-12-8-11(28-2)4-6-14(12)20-17(19-9)23-18-21-15-5-3-10(24(26)27)7-13(15)16(25)22-18/h3-8H,1-2H3,(H2,19,20,21,22,23,25). The molecule has 140 valence electrons. The highest BCUT2D eigenvalue weighted by Crippen LogP contribution is 2.23. The Kier molecular flexibility index (Phi) is 4.07. The summed E-state index contributed by atoms with van der Waals surface area (Å²) in [5.74, 6) is 1.10. The largest absolute Gasteiger partial charge is 0.497 e. The number of nitro benzene ring substituents is 1. The quantitative estimate of drug-likeness (QED) is 0.409. The number of nitrogens with one attached hydrogen (secondary N) is 2. The summed E-state index contributed by atoms with van der Waals surface area (Å²) in [6.45, 7) is 1.84. The van der Waals surface area contributed by atoms with Gasteiger partial charge in [0.1, 0.15) is 5.75 Å². The summed E-state index contributed by atoms with van der Waals surface area (Å²) in [6, 6.07) is 9.35. The Morgan fingerprint density at radius 1 is 1.07 bits per heavy atom. The van der Waals surface area contributed by atoms with Crippen LogP contribution < -0.4 is 15.6 Å². The third kappa shape index (κ3) is 3.07. The Hall–Kier alpha value is -4.08. The molecule has 0 amide bonds. The van der Waals surface area contributed by atoms with Gasteiger partial charge in [0.2, 0.25) is 11.9 Å². The number of hydrogen-bond donors (Lipinski definition) is 2. The molecule has 0 aliphatic heterocycles. The fraction of sp³-hybridized carbons (Fsp3) is 0.111. The molecule has 2 N–H and O–H groups in total. The van der Waals surface area contributed by atoms with Gasteiger partial charge in [0.25, 0.3) is 11.2 Å². The molecule has 2 heterocycles. The van der Waals surface area contributed by atoms with Crippen molar-refractivity contribution >= 4 is 39.4 Å². The minimum absolute atomic E-state index is 0.127. The lowest BCUT2D eigenvalue weighted by Crippen LogP contribution is -2.12. The van der Waals surface area contributed by atoms with Gasteiger partial charge in [0.15, 0.2) is 0 Å². The predicted molar refractivity (Wildman–Crippen MR) is 103 cm³/mol. The number of aromatic amines is 1. The molecule has 2 aromatic carbocycles. The molecule has 0 spiro atoms. The zero-order chi connectivity index (χ0) is 19.8. The van der Waals surface area contributed by atoms with Crippen LogP contribution in [0, 0.1) is 17.0 Å². The monoisotopic (exact) mass is 378 g/mol. The molecule has 28 heavy (non-hydrogen) atoms. The number of nitro groups is 1. The maximum atomic E-state index is 12.3. The summed E-state index contributed by atoms with van der Waals surface area (Å²) in [5.41, 5.74) is 1.07. The molecule has 0 fully saturated rings. The lowest BCUT2D eigenvalue weighted by atomic mass is 10.2. The zero-order valence-electron chi connectivity index (χ0n) is 14.9. The van der Waals surface area contributed by atoms with Gasteiger partial charge >= 0.3 is 0 Å². The third-order valence-corrected chi connectivity index (χ3v) is 4.22. The molecule has 0 unspecified atom stereocenters. The Labute approximate surface area is 157 Å². The molecule has 0 saturated heterocycles. The first kappa shape index (κ1) is 17.3. The normalized spacial score (nSPS) is 10.9. The molecule has 10 nitrogen and oxygen atoms in total. The predicted octanol–water partition coefficient (Wildman–Crippen LogP) is 2.84. The van der Waals surface area contributed by atoms with Crippen LogP contribution >= 0.6 is 0 Å². The lowest BCUT2D eigenvalue weighted by molar-refractivity contribution is -0.384. The van der Waals surface area contributed by atoms with E-state index in [2.05, 4.69) is 25.3 Å². The van der Waals surface area contributed by atoms with Crippen molar-refractivity contribution in [1.29, 1.82) is 0 Å².